The van der Waals surface area contributed by atoms with Crippen LogP contribution in [0.5, 0.6) is 0 Å². The van der Waals surface area contributed by atoms with Crippen LogP contribution in [0.4, 0.5) is 4.39 Å². The Morgan fingerprint density at radius 3 is 2.27 bits per heavy atom. The van der Waals surface area contributed by atoms with E-state index in [-0.39, 0.29) is 11.6 Å². The topological polar surface area (TPSA) is 23.6 Å². The Hall–Kier alpha value is -2.82. The number of rotatable bonds is 9. The summed E-state index contributed by atoms with van der Waals surface area (Å²) in [7, 11) is 0. The standard InChI is InChI=1S/C33H39FN2O/c34-32-11-5-4-10-31(32)25-36-19-15-26(16-20-36)9-6-12-33(37)30-14-13-28-17-21-35(22-18-29(28)23-30)24-27-7-2-1-3-8-27/h1-5,7-8,10-11,13-14,23,26H,6,9,12,15-22,24-25H2. The zero-order chi connectivity index (χ0) is 25.5. The van der Waals surface area contributed by atoms with Crippen LogP contribution in [0, 0.1) is 11.7 Å². The van der Waals surface area contributed by atoms with Crippen LogP contribution in [-0.4, -0.2) is 41.8 Å². The summed E-state index contributed by atoms with van der Waals surface area (Å²) in [6.07, 6.45) is 7.04. The first-order chi connectivity index (χ1) is 18.1. The number of carbonyl (C=O) groups is 1. The highest BCUT2D eigenvalue weighted by atomic mass is 19.1. The van der Waals surface area contributed by atoms with Gasteiger partial charge in [-0.3, -0.25) is 14.6 Å². The van der Waals surface area contributed by atoms with Crippen molar-refractivity contribution in [1.29, 1.82) is 0 Å². The number of halogens is 1. The molecule has 1 saturated heterocycles. The summed E-state index contributed by atoms with van der Waals surface area (Å²) >= 11 is 0. The minimum absolute atomic E-state index is 0.106. The maximum absolute atomic E-state index is 14.0. The quantitative estimate of drug-likeness (QED) is 0.307. The first-order valence-corrected chi connectivity index (χ1v) is 14.0. The van der Waals surface area contributed by atoms with Gasteiger partial charge < -0.3 is 0 Å². The van der Waals surface area contributed by atoms with Gasteiger partial charge in [0.25, 0.3) is 0 Å². The predicted molar refractivity (Wildman–Crippen MR) is 148 cm³/mol. The van der Waals surface area contributed by atoms with Crippen LogP contribution in [-0.2, 0) is 25.9 Å². The Morgan fingerprint density at radius 1 is 0.784 bits per heavy atom. The van der Waals surface area contributed by atoms with E-state index in [0.29, 0.717) is 18.9 Å². The summed E-state index contributed by atoms with van der Waals surface area (Å²) in [6, 6.07) is 24.2. The van der Waals surface area contributed by atoms with Gasteiger partial charge in [-0.05, 0) is 86.4 Å². The van der Waals surface area contributed by atoms with E-state index in [1.54, 1.807) is 12.1 Å². The van der Waals surface area contributed by atoms with Gasteiger partial charge in [0.15, 0.2) is 5.78 Å². The summed E-state index contributed by atoms with van der Waals surface area (Å²) in [6.45, 7) is 5.81. The molecule has 2 aliphatic heterocycles. The maximum atomic E-state index is 14.0. The Bertz CT molecular complexity index is 1170. The van der Waals surface area contributed by atoms with E-state index < -0.39 is 0 Å². The minimum atomic E-state index is -0.106. The second-order valence-electron chi connectivity index (χ2n) is 10.9. The molecule has 3 aromatic rings. The normalized spacial score (nSPS) is 17.3. The Kier molecular flexibility index (Phi) is 8.80. The van der Waals surface area contributed by atoms with Gasteiger partial charge in [0, 0.05) is 43.7 Å². The molecule has 3 nitrogen and oxygen atoms in total. The van der Waals surface area contributed by atoms with Crippen LogP contribution in [0.15, 0.2) is 72.8 Å². The zero-order valence-corrected chi connectivity index (χ0v) is 21.9. The fraction of sp³-hybridized carbons (Fsp3) is 0.424. The minimum Gasteiger partial charge on any atom is -0.299 e. The van der Waals surface area contributed by atoms with E-state index in [9.17, 15) is 9.18 Å². The summed E-state index contributed by atoms with van der Waals surface area (Å²) in [5, 5.41) is 0. The number of carbonyl (C=O) groups excluding carboxylic acids is 1. The van der Waals surface area contributed by atoms with Gasteiger partial charge in [-0.2, -0.15) is 0 Å². The third-order valence-corrected chi connectivity index (χ3v) is 8.25. The lowest BCUT2D eigenvalue weighted by atomic mass is 9.90. The molecule has 5 rings (SSSR count). The third kappa shape index (κ3) is 7.15. The van der Waals surface area contributed by atoms with E-state index in [0.717, 1.165) is 82.4 Å². The lowest BCUT2D eigenvalue weighted by Gasteiger charge is -2.32. The van der Waals surface area contributed by atoms with Crippen molar-refractivity contribution < 1.29 is 9.18 Å². The van der Waals surface area contributed by atoms with Crippen LogP contribution in [0.25, 0.3) is 0 Å². The van der Waals surface area contributed by atoms with Crippen molar-refractivity contribution in [3.05, 3.63) is 106 Å². The van der Waals surface area contributed by atoms with Gasteiger partial charge in [0.1, 0.15) is 5.82 Å². The molecule has 0 spiro atoms. The van der Waals surface area contributed by atoms with Gasteiger partial charge >= 0.3 is 0 Å². The fourth-order valence-electron chi connectivity index (χ4n) is 5.94. The average molecular weight is 499 g/mol. The van der Waals surface area contributed by atoms with E-state index in [1.807, 2.05) is 12.1 Å². The number of fused-ring (bicyclic) bond motifs is 1. The highest BCUT2D eigenvalue weighted by Crippen LogP contribution is 2.25. The molecule has 0 aromatic heterocycles. The summed E-state index contributed by atoms with van der Waals surface area (Å²) in [4.78, 5) is 17.9. The van der Waals surface area contributed by atoms with Crippen molar-refractivity contribution >= 4 is 5.78 Å². The van der Waals surface area contributed by atoms with E-state index in [1.165, 1.54) is 16.7 Å². The monoisotopic (exact) mass is 498 g/mol. The first-order valence-electron chi connectivity index (χ1n) is 14.0. The summed E-state index contributed by atoms with van der Waals surface area (Å²) in [5.74, 6) is 0.850. The van der Waals surface area contributed by atoms with Crippen LogP contribution in [0.3, 0.4) is 0 Å². The lowest BCUT2D eigenvalue weighted by molar-refractivity contribution is 0.0974. The molecule has 0 N–H and O–H groups in total. The third-order valence-electron chi connectivity index (χ3n) is 8.25. The maximum Gasteiger partial charge on any atom is 0.162 e. The van der Waals surface area contributed by atoms with E-state index in [4.69, 9.17) is 0 Å². The number of ketones is 1. The van der Waals surface area contributed by atoms with Gasteiger partial charge in [-0.15, -0.1) is 0 Å². The molecular formula is C33H39FN2O. The van der Waals surface area contributed by atoms with Crippen LogP contribution in [0.1, 0.15) is 64.7 Å². The number of benzene rings is 3. The van der Waals surface area contributed by atoms with Crippen molar-refractivity contribution in [1.82, 2.24) is 9.80 Å². The molecule has 1 fully saturated rings. The largest absolute Gasteiger partial charge is 0.299 e. The number of Topliss-reactive ketones (excluding diaryl/α,β-unsaturated/α-hetero) is 1. The number of hydrogen-bond donors (Lipinski definition) is 0. The number of likely N-dealkylation sites (tertiary alicyclic amines) is 1. The molecule has 2 aliphatic rings. The van der Waals surface area contributed by atoms with E-state index >= 15 is 0 Å². The summed E-state index contributed by atoms with van der Waals surface area (Å²) < 4.78 is 14.0. The van der Waals surface area contributed by atoms with Gasteiger partial charge in [0.2, 0.25) is 0 Å². The average Bonchev–Trinajstić information content (AvgIpc) is 3.13. The van der Waals surface area contributed by atoms with Gasteiger partial charge in [0.05, 0.1) is 0 Å². The fourth-order valence-corrected chi connectivity index (χ4v) is 5.94. The highest BCUT2D eigenvalue weighted by molar-refractivity contribution is 5.96. The molecule has 0 aliphatic carbocycles. The number of piperidine rings is 1. The molecule has 0 unspecified atom stereocenters. The molecule has 3 aromatic carbocycles. The summed E-state index contributed by atoms with van der Waals surface area (Å²) in [5.41, 5.74) is 5.78. The Labute approximate surface area is 221 Å². The molecular weight excluding hydrogens is 459 g/mol. The predicted octanol–water partition coefficient (Wildman–Crippen LogP) is 6.69. The number of nitrogens with zero attached hydrogens (tertiary/aromatic N) is 2. The van der Waals surface area contributed by atoms with Crippen LogP contribution < -0.4 is 0 Å². The highest BCUT2D eigenvalue weighted by Gasteiger charge is 2.21. The molecule has 37 heavy (non-hydrogen) atoms. The van der Waals surface area contributed by atoms with Crippen molar-refractivity contribution in [3.63, 3.8) is 0 Å². The Balaban J connectivity index is 1.05. The Morgan fingerprint density at radius 2 is 1.49 bits per heavy atom. The molecule has 194 valence electrons. The second-order valence-corrected chi connectivity index (χ2v) is 10.9. The van der Waals surface area contributed by atoms with Crippen molar-refractivity contribution in [2.45, 2.75) is 58.0 Å². The number of hydrogen-bond acceptors (Lipinski definition) is 3. The molecule has 0 amide bonds. The molecule has 0 atom stereocenters. The first kappa shape index (κ1) is 25.8. The molecule has 0 saturated carbocycles. The SMILES string of the molecule is O=C(CCCC1CCN(Cc2ccccc2F)CC1)c1ccc2c(c1)CCN(Cc1ccccc1)CC2. The van der Waals surface area contributed by atoms with Crippen molar-refractivity contribution in [2.24, 2.45) is 5.92 Å². The molecule has 0 radical (unpaired) electrons. The second kappa shape index (κ2) is 12.6. The van der Waals surface area contributed by atoms with Crippen LogP contribution in [0.2, 0.25) is 0 Å². The molecule has 2 heterocycles. The lowest BCUT2D eigenvalue weighted by Crippen LogP contribution is -2.33. The van der Waals surface area contributed by atoms with Gasteiger partial charge in [-0.25, -0.2) is 4.39 Å². The van der Waals surface area contributed by atoms with Crippen molar-refractivity contribution in [3.8, 4) is 0 Å². The molecule has 0 bridgehead atoms. The van der Waals surface area contributed by atoms with Crippen LogP contribution >= 0.6 is 0 Å². The zero-order valence-electron chi connectivity index (χ0n) is 21.9. The molecule has 4 heteroatoms. The van der Waals surface area contributed by atoms with Crippen molar-refractivity contribution in [2.75, 3.05) is 26.2 Å². The van der Waals surface area contributed by atoms with Gasteiger partial charge in [-0.1, -0.05) is 60.7 Å². The smallest absolute Gasteiger partial charge is 0.162 e. The van der Waals surface area contributed by atoms with E-state index in [2.05, 4.69) is 58.3 Å².